The van der Waals surface area contributed by atoms with Crippen molar-refractivity contribution in [2.45, 2.75) is 18.6 Å². The van der Waals surface area contributed by atoms with Gasteiger partial charge in [0, 0.05) is 22.9 Å². The van der Waals surface area contributed by atoms with E-state index in [4.69, 9.17) is 9.47 Å². The maximum Gasteiger partial charge on any atom is 0.273 e. The van der Waals surface area contributed by atoms with Gasteiger partial charge in [-0.1, -0.05) is 30.0 Å². The number of methoxy groups -OCH3 is 2. The Balaban J connectivity index is 1.54. The Kier molecular flexibility index (Phi) is 8.96. The van der Waals surface area contributed by atoms with Crippen LogP contribution in [0.2, 0.25) is 0 Å². The highest BCUT2D eigenvalue weighted by atomic mass is 32.2. The molecule has 1 aromatic heterocycles. The number of benzene rings is 3. The number of hydrogen-bond donors (Lipinski definition) is 2. The first-order valence-corrected chi connectivity index (χ1v) is 13.0. The minimum Gasteiger partial charge on any atom is -0.497 e. The van der Waals surface area contributed by atoms with E-state index < -0.39 is 10.8 Å². The Morgan fingerprint density at radius 1 is 1.00 bits per heavy atom. The number of anilines is 1. The third-order valence-electron chi connectivity index (χ3n) is 5.89. The second-order valence-electron chi connectivity index (χ2n) is 8.36. The fourth-order valence-corrected chi connectivity index (χ4v) is 4.65. The third kappa shape index (κ3) is 6.38. The summed E-state index contributed by atoms with van der Waals surface area (Å²) in [6.07, 6.45) is 0. The Hall–Kier alpha value is -4.91. The van der Waals surface area contributed by atoms with Gasteiger partial charge in [-0.15, -0.1) is 10.2 Å². The molecule has 0 saturated heterocycles. The Morgan fingerprint density at radius 3 is 2.45 bits per heavy atom. The van der Waals surface area contributed by atoms with Crippen molar-refractivity contribution in [1.82, 2.24) is 20.1 Å². The molecule has 0 unspecified atom stereocenters. The number of carbonyl (C=O) groups is 2. The molecule has 0 atom stereocenters. The van der Waals surface area contributed by atoms with Crippen LogP contribution in [0.4, 0.5) is 11.4 Å². The van der Waals surface area contributed by atoms with Crippen molar-refractivity contribution in [1.29, 1.82) is 0 Å². The van der Waals surface area contributed by atoms with E-state index in [1.165, 1.54) is 32.2 Å². The van der Waals surface area contributed by atoms with Gasteiger partial charge in [0.2, 0.25) is 5.91 Å². The van der Waals surface area contributed by atoms with E-state index in [0.717, 1.165) is 11.8 Å². The van der Waals surface area contributed by atoms with Gasteiger partial charge >= 0.3 is 0 Å². The topological polar surface area (TPSA) is 151 Å². The number of nitro groups is 1. The third-order valence-corrected chi connectivity index (χ3v) is 6.82. The van der Waals surface area contributed by atoms with Crippen molar-refractivity contribution >= 4 is 35.0 Å². The van der Waals surface area contributed by atoms with Gasteiger partial charge in [0.15, 0.2) is 11.0 Å². The second kappa shape index (κ2) is 12.8. The molecule has 4 rings (SSSR count). The molecule has 0 fully saturated rings. The highest BCUT2D eigenvalue weighted by Crippen LogP contribution is 2.29. The van der Waals surface area contributed by atoms with Crippen molar-refractivity contribution in [3.05, 3.63) is 93.8 Å². The summed E-state index contributed by atoms with van der Waals surface area (Å²) >= 11 is 1.16. The lowest BCUT2D eigenvalue weighted by Crippen LogP contribution is -2.25. The lowest BCUT2D eigenvalue weighted by atomic mass is 10.1. The fraction of sp³-hybridized carbons (Fsp3) is 0.185. The van der Waals surface area contributed by atoms with Gasteiger partial charge in [0.05, 0.1) is 37.1 Å². The van der Waals surface area contributed by atoms with E-state index >= 15 is 0 Å². The summed E-state index contributed by atoms with van der Waals surface area (Å²) in [5.41, 5.74) is 1.54. The number of ether oxygens (including phenoxy) is 2. The SMILES string of the molecule is COc1ccc(NC(=O)CSc2nnc(CNC(=O)c3cccc([N+](=O)[O-])c3C)n2-c2ccccc2OC)cc1. The number of para-hydroxylation sites is 2. The van der Waals surface area contributed by atoms with Crippen molar-refractivity contribution in [2.24, 2.45) is 0 Å². The first kappa shape index (κ1) is 28.1. The van der Waals surface area contributed by atoms with E-state index in [9.17, 15) is 19.7 Å². The molecule has 0 saturated carbocycles. The summed E-state index contributed by atoms with van der Waals surface area (Å²) in [7, 11) is 3.10. The molecule has 0 aliphatic heterocycles. The molecule has 0 aliphatic rings. The van der Waals surface area contributed by atoms with Crippen LogP contribution < -0.4 is 20.1 Å². The molecule has 12 nitrogen and oxygen atoms in total. The number of carbonyl (C=O) groups excluding carboxylic acids is 2. The van der Waals surface area contributed by atoms with Crippen LogP contribution in [0.25, 0.3) is 5.69 Å². The zero-order chi connectivity index (χ0) is 28.6. The molecule has 3 aromatic carbocycles. The number of nitrogens with zero attached hydrogens (tertiary/aromatic N) is 4. The molecule has 206 valence electrons. The molecule has 2 amide bonds. The molecule has 0 radical (unpaired) electrons. The van der Waals surface area contributed by atoms with Gasteiger partial charge in [0.1, 0.15) is 11.5 Å². The average Bonchev–Trinajstić information content (AvgIpc) is 3.37. The van der Waals surface area contributed by atoms with Gasteiger partial charge in [-0.3, -0.25) is 24.3 Å². The van der Waals surface area contributed by atoms with E-state index in [1.54, 1.807) is 48.1 Å². The summed E-state index contributed by atoms with van der Waals surface area (Å²) in [4.78, 5) is 36.3. The number of aromatic nitrogens is 3. The van der Waals surface area contributed by atoms with Crippen molar-refractivity contribution in [3.8, 4) is 17.2 Å². The largest absolute Gasteiger partial charge is 0.497 e. The second-order valence-corrected chi connectivity index (χ2v) is 9.30. The molecule has 0 aliphatic carbocycles. The summed E-state index contributed by atoms with van der Waals surface area (Å²) in [6.45, 7) is 1.49. The van der Waals surface area contributed by atoms with Crippen molar-refractivity contribution < 1.29 is 24.0 Å². The maximum atomic E-state index is 12.9. The summed E-state index contributed by atoms with van der Waals surface area (Å²) in [6, 6.07) is 18.5. The molecule has 0 bridgehead atoms. The number of nitro benzene ring substituents is 1. The summed E-state index contributed by atoms with van der Waals surface area (Å²) < 4.78 is 12.4. The van der Waals surface area contributed by atoms with Gasteiger partial charge in [0.25, 0.3) is 11.6 Å². The van der Waals surface area contributed by atoms with Crippen LogP contribution in [-0.2, 0) is 11.3 Å². The minimum absolute atomic E-state index is 0.0371. The van der Waals surface area contributed by atoms with Crippen molar-refractivity contribution in [3.63, 3.8) is 0 Å². The van der Waals surface area contributed by atoms with Gasteiger partial charge in [-0.2, -0.15) is 0 Å². The van der Waals surface area contributed by atoms with Crippen LogP contribution in [-0.4, -0.2) is 51.5 Å². The number of hydrogen-bond acceptors (Lipinski definition) is 9. The lowest BCUT2D eigenvalue weighted by molar-refractivity contribution is -0.385. The van der Waals surface area contributed by atoms with Gasteiger partial charge in [-0.05, 0) is 49.4 Å². The molecule has 2 N–H and O–H groups in total. The molecular formula is C27H26N6O6S. The molecule has 1 heterocycles. The highest BCUT2D eigenvalue weighted by molar-refractivity contribution is 7.99. The Labute approximate surface area is 233 Å². The number of nitrogens with one attached hydrogen (secondary N) is 2. The first-order chi connectivity index (χ1) is 19.3. The zero-order valence-corrected chi connectivity index (χ0v) is 22.7. The number of rotatable bonds is 11. The van der Waals surface area contributed by atoms with Crippen molar-refractivity contribution in [2.75, 3.05) is 25.3 Å². The fourth-order valence-electron chi connectivity index (χ4n) is 3.89. The average molecular weight is 563 g/mol. The van der Waals surface area contributed by atoms with Gasteiger partial charge < -0.3 is 20.1 Å². The minimum atomic E-state index is -0.529. The van der Waals surface area contributed by atoms with Crippen LogP contribution >= 0.6 is 11.8 Å². The van der Waals surface area contributed by atoms with Crippen LogP contribution in [0.15, 0.2) is 71.9 Å². The maximum absolute atomic E-state index is 12.9. The first-order valence-electron chi connectivity index (χ1n) is 12.0. The Morgan fingerprint density at radius 2 is 1.75 bits per heavy atom. The number of amides is 2. The molecular weight excluding hydrogens is 536 g/mol. The van der Waals surface area contributed by atoms with Crippen LogP contribution in [0.5, 0.6) is 11.5 Å². The van der Waals surface area contributed by atoms with Crippen LogP contribution in [0.3, 0.4) is 0 Å². The molecule has 0 spiro atoms. The van der Waals surface area contributed by atoms with E-state index in [2.05, 4.69) is 20.8 Å². The Bertz CT molecular complexity index is 1540. The monoisotopic (exact) mass is 562 g/mol. The normalized spacial score (nSPS) is 10.6. The summed E-state index contributed by atoms with van der Waals surface area (Å²) in [5, 5.41) is 25.8. The lowest BCUT2D eigenvalue weighted by Gasteiger charge is -2.14. The van der Waals surface area contributed by atoms with Crippen LogP contribution in [0, 0.1) is 17.0 Å². The predicted octanol–water partition coefficient (Wildman–Crippen LogP) is 4.16. The van der Waals surface area contributed by atoms with E-state index in [-0.39, 0.29) is 35.0 Å². The highest BCUT2D eigenvalue weighted by Gasteiger charge is 2.21. The number of thioether (sulfide) groups is 1. The smallest absolute Gasteiger partial charge is 0.273 e. The quantitative estimate of drug-likeness (QED) is 0.156. The standard InChI is InChI=1S/C27H26N6O6S/c1-17-20(7-6-9-21(17)33(36)37)26(35)28-15-24-30-31-27(32(24)22-8-4-5-10-23(22)39-3)40-16-25(34)29-18-11-13-19(38-2)14-12-18/h4-14H,15-16H2,1-3H3,(H,28,35)(H,29,34). The molecule has 40 heavy (non-hydrogen) atoms. The van der Waals surface area contributed by atoms with E-state index in [0.29, 0.717) is 33.9 Å². The zero-order valence-electron chi connectivity index (χ0n) is 21.9. The van der Waals surface area contributed by atoms with Gasteiger partial charge in [-0.25, -0.2) is 0 Å². The summed E-state index contributed by atoms with van der Waals surface area (Å²) in [5.74, 6) is 0.883. The molecule has 4 aromatic rings. The molecule has 13 heteroatoms. The van der Waals surface area contributed by atoms with E-state index in [1.807, 2.05) is 12.1 Å². The predicted molar refractivity (Wildman–Crippen MR) is 149 cm³/mol. The van der Waals surface area contributed by atoms with Crippen LogP contribution in [0.1, 0.15) is 21.7 Å².